The third-order valence-corrected chi connectivity index (χ3v) is 5.41. The average Bonchev–Trinajstić information content (AvgIpc) is 2.78. The van der Waals surface area contributed by atoms with E-state index in [4.69, 9.17) is 0 Å². The van der Waals surface area contributed by atoms with Crippen LogP contribution >= 0.6 is 15.9 Å². The number of carbonyl (C=O) groups is 1. The van der Waals surface area contributed by atoms with Crippen molar-refractivity contribution >= 4 is 22.0 Å². The minimum Gasteiger partial charge on any atom is -0.338 e. The fourth-order valence-corrected chi connectivity index (χ4v) is 3.48. The van der Waals surface area contributed by atoms with Gasteiger partial charge in [0.1, 0.15) is 0 Å². The highest BCUT2D eigenvalue weighted by atomic mass is 79.9. The van der Waals surface area contributed by atoms with Gasteiger partial charge in [-0.25, -0.2) is 4.79 Å². The molecule has 4 nitrogen and oxygen atoms in total. The van der Waals surface area contributed by atoms with Crippen LogP contribution in [0.4, 0.5) is 31.1 Å². The molecule has 34 heavy (non-hydrogen) atoms. The van der Waals surface area contributed by atoms with Gasteiger partial charge in [0.2, 0.25) is 0 Å². The molecule has 0 saturated heterocycles. The number of amides is 2. The minimum atomic E-state index is -4.78. The van der Waals surface area contributed by atoms with Crippen molar-refractivity contribution in [3.8, 4) is 0 Å². The summed E-state index contributed by atoms with van der Waals surface area (Å²) in [5.41, 5.74) is -1.66. The topological polar surface area (TPSA) is 54.0 Å². The number of urea groups is 1. The van der Waals surface area contributed by atoms with E-state index in [0.29, 0.717) is 6.42 Å². The highest BCUT2D eigenvalue weighted by molar-refractivity contribution is 9.10. The summed E-state index contributed by atoms with van der Waals surface area (Å²) in [5, 5.41) is 4.97. The van der Waals surface area contributed by atoms with Crippen molar-refractivity contribution in [3.05, 3.63) is 99.3 Å². The summed E-state index contributed by atoms with van der Waals surface area (Å²) in [5.74, 6) is 0. The summed E-state index contributed by atoms with van der Waals surface area (Å²) < 4.78 is 80.4. The first-order chi connectivity index (χ1) is 15.9. The lowest BCUT2D eigenvalue weighted by Gasteiger charge is -2.23. The van der Waals surface area contributed by atoms with Crippen LogP contribution in [0.2, 0.25) is 0 Å². The first-order valence-electron chi connectivity index (χ1n) is 9.93. The minimum absolute atomic E-state index is 0.0141. The zero-order valence-corrected chi connectivity index (χ0v) is 18.9. The molecule has 1 atom stereocenters. The maximum absolute atomic E-state index is 13.6. The maximum Gasteiger partial charge on any atom is 0.418 e. The fourth-order valence-electron chi connectivity index (χ4n) is 3.21. The van der Waals surface area contributed by atoms with Gasteiger partial charge in [0.25, 0.3) is 0 Å². The molecule has 0 aliphatic carbocycles. The molecule has 0 aliphatic heterocycles. The van der Waals surface area contributed by atoms with Gasteiger partial charge in [-0.2, -0.15) is 26.3 Å². The van der Waals surface area contributed by atoms with Gasteiger partial charge < -0.3 is 10.6 Å². The molecule has 0 saturated carbocycles. The van der Waals surface area contributed by atoms with Crippen LogP contribution in [0, 0.1) is 0 Å². The lowest BCUT2D eigenvalue weighted by molar-refractivity contribution is -0.139. The molecule has 3 rings (SSSR count). The lowest BCUT2D eigenvalue weighted by Crippen LogP contribution is -2.40. The SMILES string of the molecule is O=C(NCCc1ccc(Br)cc1)N[C@@H](c1ccc(C(F)(F)F)cc1)c1ncccc1C(F)(F)F. The van der Waals surface area contributed by atoms with E-state index in [1.165, 1.54) is 0 Å². The summed E-state index contributed by atoms with van der Waals surface area (Å²) in [4.78, 5) is 16.3. The predicted molar refractivity (Wildman–Crippen MR) is 117 cm³/mol. The summed E-state index contributed by atoms with van der Waals surface area (Å²) in [6.45, 7) is 0.182. The standard InChI is InChI=1S/C23H18BrF6N3O/c24-17-9-3-14(4-10-17)11-13-32-21(34)33-19(15-5-7-16(8-6-15)22(25,26)27)20-18(23(28,29)30)2-1-12-31-20/h1-10,12,19H,11,13H2,(H2,32,33,34)/t19-/m0/s1. The van der Waals surface area contributed by atoms with Crippen LogP contribution in [0.5, 0.6) is 0 Å². The van der Waals surface area contributed by atoms with E-state index in [-0.39, 0.29) is 12.1 Å². The van der Waals surface area contributed by atoms with Crippen molar-refractivity contribution in [2.24, 2.45) is 0 Å². The molecule has 0 fully saturated rings. The molecule has 2 N–H and O–H groups in total. The zero-order chi connectivity index (χ0) is 24.9. The van der Waals surface area contributed by atoms with Crippen molar-refractivity contribution in [2.75, 3.05) is 6.54 Å². The average molecular weight is 546 g/mol. The van der Waals surface area contributed by atoms with Gasteiger partial charge in [0.05, 0.1) is 22.9 Å². The first kappa shape index (κ1) is 25.5. The van der Waals surface area contributed by atoms with Gasteiger partial charge in [0.15, 0.2) is 0 Å². The van der Waals surface area contributed by atoms with Gasteiger partial charge in [-0.15, -0.1) is 0 Å². The van der Waals surface area contributed by atoms with Gasteiger partial charge in [-0.05, 0) is 53.9 Å². The molecule has 2 amide bonds. The molecule has 0 aliphatic rings. The number of hydrogen-bond donors (Lipinski definition) is 2. The summed E-state index contributed by atoms with van der Waals surface area (Å²) in [7, 11) is 0. The molecule has 1 heterocycles. The lowest BCUT2D eigenvalue weighted by atomic mass is 9.98. The molecule has 0 bridgehead atoms. The summed E-state index contributed by atoms with van der Waals surface area (Å²) in [6.07, 6.45) is -7.82. The first-order valence-corrected chi connectivity index (χ1v) is 10.7. The summed E-state index contributed by atoms with van der Waals surface area (Å²) >= 11 is 3.32. The Kier molecular flexibility index (Phi) is 7.86. The molecular formula is C23H18BrF6N3O. The third-order valence-electron chi connectivity index (χ3n) is 4.88. The van der Waals surface area contributed by atoms with Crippen molar-refractivity contribution in [1.29, 1.82) is 0 Å². The number of benzene rings is 2. The van der Waals surface area contributed by atoms with Crippen LogP contribution in [0.15, 0.2) is 71.3 Å². The van der Waals surface area contributed by atoms with E-state index in [0.717, 1.165) is 52.6 Å². The third kappa shape index (κ3) is 6.72. The van der Waals surface area contributed by atoms with Crippen LogP contribution in [0.1, 0.15) is 34.0 Å². The number of pyridine rings is 1. The second kappa shape index (κ2) is 10.5. The Bertz CT molecular complexity index is 1120. The van der Waals surface area contributed by atoms with Crippen LogP contribution in [-0.4, -0.2) is 17.6 Å². The Morgan fingerprint density at radius 1 is 0.912 bits per heavy atom. The normalized spacial score (nSPS) is 12.8. The Morgan fingerprint density at radius 2 is 1.56 bits per heavy atom. The highest BCUT2D eigenvalue weighted by Gasteiger charge is 2.37. The Hall–Kier alpha value is -3.08. The smallest absolute Gasteiger partial charge is 0.338 e. The monoisotopic (exact) mass is 545 g/mol. The molecule has 0 radical (unpaired) electrons. The molecule has 11 heteroatoms. The second-order valence-electron chi connectivity index (χ2n) is 7.26. The van der Waals surface area contributed by atoms with Crippen LogP contribution in [0.25, 0.3) is 0 Å². The number of carbonyl (C=O) groups excluding carboxylic acids is 1. The van der Waals surface area contributed by atoms with Crippen molar-refractivity contribution in [2.45, 2.75) is 24.8 Å². The predicted octanol–water partition coefficient (Wildman–Crippen LogP) is 6.51. The molecule has 1 aromatic heterocycles. The number of halogens is 7. The van der Waals surface area contributed by atoms with Gasteiger partial charge >= 0.3 is 18.4 Å². The van der Waals surface area contributed by atoms with Crippen LogP contribution in [-0.2, 0) is 18.8 Å². The second-order valence-corrected chi connectivity index (χ2v) is 8.18. The fraction of sp³-hybridized carbons (Fsp3) is 0.217. The van der Waals surface area contributed by atoms with E-state index >= 15 is 0 Å². The number of aromatic nitrogens is 1. The number of hydrogen-bond acceptors (Lipinski definition) is 2. The van der Waals surface area contributed by atoms with Crippen molar-refractivity contribution in [1.82, 2.24) is 15.6 Å². The maximum atomic E-state index is 13.6. The van der Waals surface area contributed by atoms with E-state index < -0.39 is 41.2 Å². The van der Waals surface area contributed by atoms with Gasteiger partial charge in [-0.1, -0.05) is 40.2 Å². The Morgan fingerprint density at radius 3 is 2.15 bits per heavy atom. The van der Waals surface area contributed by atoms with Gasteiger partial charge in [-0.3, -0.25) is 4.98 Å². The van der Waals surface area contributed by atoms with E-state index in [1.807, 2.05) is 24.3 Å². The molecule has 2 aromatic carbocycles. The number of alkyl halides is 6. The summed E-state index contributed by atoms with van der Waals surface area (Å²) in [6, 6.07) is 10.5. The Labute approximate surface area is 199 Å². The number of nitrogens with one attached hydrogen (secondary N) is 2. The van der Waals surface area contributed by atoms with Crippen molar-refractivity contribution < 1.29 is 31.1 Å². The molecule has 0 unspecified atom stereocenters. The zero-order valence-electron chi connectivity index (χ0n) is 17.3. The largest absolute Gasteiger partial charge is 0.418 e. The van der Waals surface area contributed by atoms with E-state index in [9.17, 15) is 31.1 Å². The van der Waals surface area contributed by atoms with Crippen molar-refractivity contribution in [3.63, 3.8) is 0 Å². The highest BCUT2D eigenvalue weighted by Crippen LogP contribution is 2.36. The van der Waals surface area contributed by atoms with Gasteiger partial charge in [0, 0.05) is 17.2 Å². The molecule has 0 spiro atoms. The Balaban J connectivity index is 1.84. The molecule has 180 valence electrons. The molecule has 3 aromatic rings. The van der Waals surface area contributed by atoms with Crippen LogP contribution in [0.3, 0.4) is 0 Å². The quantitative estimate of drug-likeness (QED) is 0.347. The molecular weight excluding hydrogens is 528 g/mol. The van der Waals surface area contributed by atoms with Crippen LogP contribution < -0.4 is 10.6 Å². The number of nitrogens with zero attached hydrogens (tertiary/aromatic N) is 1. The van der Waals surface area contributed by atoms with E-state index in [2.05, 4.69) is 31.5 Å². The number of rotatable bonds is 6. The van der Waals surface area contributed by atoms with E-state index in [1.54, 1.807) is 0 Å².